The van der Waals surface area contributed by atoms with Gasteiger partial charge in [0.05, 0.1) is 4.75 Å². The van der Waals surface area contributed by atoms with Crippen LogP contribution in [-0.4, -0.2) is 41.7 Å². The fourth-order valence-electron chi connectivity index (χ4n) is 3.47. The Hall–Kier alpha value is -0.710. The van der Waals surface area contributed by atoms with E-state index in [1.807, 2.05) is 0 Å². The monoisotopic (exact) mass is 354 g/mol. The number of nitrogens with one attached hydrogen (secondary N) is 1. The van der Waals surface area contributed by atoms with Gasteiger partial charge < -0.3 is 10.2 Å². The number of aryl methyl sites for hydroxylation is 1. The molecular formula is C18H27ClN2OS. The molecule has 1 aromatic rings. The third-order valence-electron chi connectivity index (χ3n) is 4.76. The molecule has 1 aliphatic carbocycles. The van der Waals surface area contributed by atoms with Gasteiger partial charge in [-0.05, 0) is 44.9 Å². The summed E-state index contributed by atoms with van der Waals surface area (Å²) in [5.41, 5.74) is 1.27. The topological polar surface area (TPSA) is 32.3 Å². The maximum absolute atomic E-state index is 13.2. The van der Waals surface area contributed by atoms with Crippen molar-refractivity contribution in [3.8, 4) is 0 Å². The maximum Gasteiger partial charge on any atom is 0.239 e. The van der Waals surface area contributed by atoms with E-state index in [9.17, 15) is 4.79 Å². The summed E-state index contributed by atoms with van der Waals surface area (Å²) in [5.74, 6) is 0.374. The van der Waals surface area contributed by atoms with Crippen LogP contribution < -0.4 is 5.32 Å². The summed E-state index contributed by atoms with van der Waals surface area (Å²) < 4.78 is -0.223. The lowest BCUT2D eigenvalue weighted by atomic mass is 10.1. The van der Waals surface area contributed by atoms with Crippen LogP contribution in [0.2, 0.25) is 0 Å². The maximum atomic E-state index is 13.2. The Kier molecular flexibility index (Phi) is 6.81. The van der Waals surface area contributed by atoms with Crippen LogP contribution in [0.25, 0.3) is 0 Å². The Balaban J connectivity index is 0.00000192. The molecule has 2 fully saturated rings. The molecule has 1 saturated heterocycles. The van der Waals surface area contributed by atoms with Crippen LogP contribution in [0.15, 0.2) is 29.2 Å². The van der Waals surface area contributed by atoms with Crippen LogP contribution in [0.3, 0.4) is 0 Å². The minimum Gasteiger partial charge on any atom is -0.340 e. The number of benzene rings is 1. The quantitative estimate of drug-likeness (QED) is 0.899. The zero-order chi connectivity index (χ0) is 15.4. The number of carbonyl (C=O) groups is 1. The molecule has 5 heteroatoms. The van der Waals surface area contributed by atoms with Gasteiger partial charge in [-0.3, -0.25) is 4.79 Å². The fraction of sp³-hybridized carbons (Fsp3) is 0.611. The van der Waals surface area contributed by atoms with Crippen LogP contribution in [-0.2, 0) is 4.79 Å². The number of rotatable bonds is 3. The van der Waals surface area contributed by atoms with E-state index in [1.54, 1.807) is 11.8 Å². The van der Waals surface area contributed by atoms with Gasteiger partial charge in [-0.25, -0.2) is 0 Å². The lowest BCUT2D eigenvalue weighted by molar-refractivity contribution is -0.133. The highest BCUT2D eigenvalue weighted by atomic mass is 35.5. The van der Waals surface area contributed by atoms with Crippen LogP contribution in [0.5, 0.6) is 0 Å². The predicted octanol–water partition coefficient (Wildman–Crippen LogP) is 3.64. The molecule has 128 valence electrons. The molecule has 2 aliphatic rings. The summed E-state index contributed by atoms with van der Waals surface area (Å²) in [4.78, 5) is 16.6. The van der Waals surface area contributed by atoms with Crippen LogP contribution >= 0.6 is 24.2 Å². The van der Waals surface area contributed by atoms with E-state index in [0.717, 1.165) is 45.4 Å². The minimum atomic E-state index is -0.223. The Morgan fingerprint density at radius 2 is 1.78 bits per heavy atom. The number of hydrogen-bond donors (Lipinski definition) is 1. The predicted molar refractivity (Wildman–Crippen MR) is 99.5 cm³/mol. The van der Waals surface area contributed by atoms with Crippen molar-refractivity contribution in [3.05, 3.63) is 29.8 Å². The van der Waals surface area contributed by atoms with Gasteiger partial charge in [0.25, 0.3) is 0 Å². The molecule has 1 aromatic carbocycles. The molecule has 1 amide bonds. The lowest BCUT2D eigenvalue weighted by Gasteiger charge is -2.33. The first-order chi connectivity index (χ1) is 10.7. The number of hydrogen-bond acceptors (Lipinski definition) is 3. The van der Waals surface area contributed by atoms with Gasteiger partial charge in [-0.1, -0.05) is 30.5 Å². The SMILES string of the molecule is Cc1ccc(SC2(C(=O)N3CCCNCC3)CCCC2)cc1.Cl. The van der Waals surface area contributed by atoms with E-state index in [1.165, 1.54) is 23.3 Å². The zero-order valence-corrected chi connectivity index (χ0v) is 15.5. The van der Waals surface area contributed by atoms with Gasteiger partial charge in [0.1, 0.15) is 0 Å². The van der Waals surface area contributed by atoms with E-state index >= 15 is 0 Å². The molecule has 1 aliphatic heterocycles. The van der Waals surface area contributed by atoms with E-state index in [4.69, 9.17) is 0 Å². The molecule has 0 bridgehead atoms. The van der Waals surface area contributed by atoms with Gasteiger partial charge in [0.15, 0.2) is 0 Å². The Bertz CT molecular complexity index is 506. The van der Waals surface area contributed by atoms with Gasteiger partial charge in [0.2, 0.25) is 5.91 Å². The highest BCUT2D eigenvalue weighted by molar-refractivity contribution is 8.01. The van der Waals surface area contributed by atoms with Crippen LogP contribution in [0, 0.1) is 6.92 Å². The lowest BCUT2D eigenvalue weighted by Crippen LogP contribution is -2.46. The van der Waals surface area contributed by atoms with Crippen molar-refractivity contribution >= 4 is 30.1 Å². The summed E-state index contributed by atoms with van der Waals surface area (Å²) in [6.45, 7) is 5.82. The Labute approximate surface area is 150 Å². The second-order valence-electron chi connectivity index (χ2n) is 6.51. The van der Waals surface area contributed by atoms with E-state index in [2.05, 4.69) is 41.4 Å². The summed E-state index contributed by atoms with van der Waals surface area (Å²) in [6, 6.07) is 8.62. The van der Waals surface area contributed by atoms with Gasteiger partial charge in [-0.2, -0.15) is 0 Å². The van der Waals surface area contributed by atoms with Crippen molar-refractivity contribution in [2.45, 2.75) is 48.7 Å². The number of halogens is 1. The molecule has 0 spiro atoms. The zero-order valence-electron chi connectivity index (χ0n) is 13.8. The molecule has 0 aromatic heterocycles. The molecule has 3 rings (SSSR count). The highest BCUT2D eigenvalue weighted by Crippen LogP contribution is 2.46. The van der Waals surface area contributed by atoms with Crippen LogP contribution in [0.1, 0.15) is 37.7 Å². The molecule has 1 N–H and O–H groups in total. The summed E-state index contributed by atoms with van der Waals surface area (Å²) in [6.07, 6.45) is 5.47. The van der Waals surface area contributed by atoms with Crippen molar-refractivity contribution in [2.75, 3.05) is 26.2 Å². The van der Waals surface area contributed by atoms with E-state index in [-0.39, 0.29) is 17.2 Å². The standard InChI is InChI=1S/C18H26N2OS.ClH/c1-15-5-7-16(8-6-15)22-18(9-2-3-10-18)17(21)20-13-4-11-19-12-14-20;/h5-8,19H,2-4,9-14H2,1H3;1H. The van der Waals surface area contributed by atoms with Crippen molar-refractivity contribution in [2.24, 2.45) is 0 Å². The summed E-state index contributed by atoms with van der Waals surface area (Å²) in [5, 5.41) is 3.39. The molecule has 0 atom stereocenters. The van der Waals surface area contributed by atoms with Gasteiger partial charge in [-0.15, -0.1) is 24.2 Å². The normalized spacial score (nSPS) is 20.7. The number of amides is 1. The summed E-state index contributed by atoms with van der Waals surface area (Å²) >= 11 is 1.80. The summed E-state index contributed by atoms with van der Waals surface area (Å²) in [7, 11) is 0. The second kappa shape index (κ2) is 8.41. The van der Waals surface area contributed by atoms with E-state index in [0.29, 0.717) is 5.91 Å². The van der Waals surface area contributed by atoms with Crippen molar-refractivity contribution in [3.63, 3.8) is 0 Å². The Morgan fingerprint density at radius 1 is 1.09 bits per heavy atom. The first-order valence-electron chi connectivity index (χ1n) is 8.45. The minimum absolute atomic E-state index is 0. The molecule has 1 heterocycles. The molecule has 0 unspecified atom stereocenters. The smallest absolute Gasteiger partial charge is 0.239 e. The first-order valence-corrected chi connectivity index (χ1v) is 9.27. The number of nitrogens with zero attached hydrogens (tertiary/aromatic N) is 1. The molecular weight excluding hydrogens is 328 g/mol. The Morgan fingerprint density at radius 3 is 2.48 bits per heavy atom. The van der Waals surface area contributed by atoms with Crippen molar-refractivity contribution < 1.29 is 4.79 Å². The third kappa shape index (κ3) is 4.43. The molecule has 0 radical (unpaired) electrons. The fourth-order valence-corrected chi connectivity index (χ4v) is 4.91. The van der Waals surface area contributed by atoms with Crippen molar-refractivity contribution in [1.82, 2.24) is 10.2 Å². The molecule has 1 saturated carbocycles. The molecule has 23 heavy (non-hydrogen) atoms. The highest BCUT2D eigenvalue weighted by Gasteiger charge is 2.44. The largest absolute Gasteiger partial charge is 0.340 e. The van der Waals surface area contributed by atoms with Gasteiger partial charge >= 0.3 is 0 Å². The average Bonchev–Trinajstić information content (AvgIpc) is 2.83. The van der Waals surface area contributed by atoms with Crippen LogP contribution in [0.4, 0.5) is 0 Å². The third-order valence-corrected chi connectivity index (χ3v) is 6.24. The average molecular weight is 355 g/mol. The number of thioether (sulfide) groups is 1. The van der Waals surface area contributed by atoms with E-state index < -0.39 is 0 Å². The van der Waals surface area contributed by atoms with Crippen molar-refractivity contribution in [1.29, 1.82) is 0 Å². The van der Waals surface area contributed by atoms with Gasteiger partial charge in [0, 0.05) is 24.5 Å². The number of carbonyl (C=O) groups excluding carboxylic acids is 1. The molecule has 3 nitrogen and oxygen atoms in total. The second-order valence-corrected chi connectivity index (χ2v) is 7.97. The first kappa shape index (κ1) is 18.6.